The Morgan fingerprint density at radius 3 is 2.60 bits per heavy atom. The molecular formula is C14H14O. The van der Waals surface area contributed by atoms with Gasteiger partial charge >= 0.3 is 0 Å². The van der Waals surface area contributed by atoms with E-state index in [1.807, 2.05) is 18.2 Å². The van der Waals surface area contributed by atoms with Gasteiger partial charge in [-0.1, -0.05) is 42.5 Å². The molecule has 1 heteroatoms. The van der Waals surface area contributed by atoms with E-state index < -0.39 is 0 Å². The van der Waals surface area contributed by atoms with Crippen molar-refractivity contribution in [2.45, 2.75) is 12.8 Å². The number of allylic oxidation sites excluding steroid dienone is 5. The summed E-state index contributed by atoms with van der Waals surface area (Å²) in [5.74, 6) is 0.367. The molecule has 0 unspecified atom stereocenters. The van der Waals surface area contributed by atoms with Crippen LogP contribution >= 0.6 is 0 Å². The van der Waals surface area contributed by atoms with Gasteiger partial charge in [0.1, 0.15) is 5.76 Å². The van der Waals surface area contributed by atoms with Crippen LogP contribution in [-0.2, 0) is 6.42 Å². The van der Waals surface area contributed by atoms with Crippen LogP contribution in [0, 0.1) is 0 Å². The van der Waals surface area contributed by atoms with Crippen LogP contribution < -0.4 is 0 Å². The summed E-state index contributed by atoms with van der Waals surface area (Å²) in [7, 11) is 0. The van der Waals surface area contributed by atoms with Crippen LogP contribution in [0.3, 0.4) is 0 Å². The van der Waals surface area contributed by atoms with E-state index in [9.17, 15) is 0 Å². The molecule has 0 saturated heterocycles. The second kappa shape index (κ2) is 4.65. The molecule has 0 fully saturated rings. The van der Waals surface area contributed by atoms with E-state index in [1.165, 1.54) is 11.1 Å². The predicted octanol–water partition coefficient (Wildman–Crippen LogP) is 3.56. The lowest BCUT2D eigenvalue weighted by molar-refractivity contribution is 0.429. The molecule has 2 rings (SSSR count). The molecule has 1 aliphatic rings. The molecule has 15 heavy (non-hydrogen) atoms. The second-order valence-electron chi connectivity index (χ2n) is 3.64. The monoisotopic (exact) mass is 198 g/mol. The van der Waals surface area contributed by atoms with Gasteiger partial charge in [-0.05, 0) is 36.1 Å². The minimum atomic E-state index is 0.367. The molecule has 0 spiro atoms. The second-order valence-corrected chi connectivity index (χ2v) is 3.64. The van der Waals surface area contributed by atoms with Crippen molar-refractivity contribution in [1.82, 2.24) is 0 Å². The highest BCUT2D eigenvalue weighted by Gasteiger charge is 1.98. The van der Waals surface area contributed by atoms with Crippen LogP contribution in [-0.4, -0.2) is 5.11 Å². The van der Waals surface area contributed by atoms with Gasteiger partial charge in [0.25, 0.3) is 0 Å². The lowest BCUT2D eigenvalue weighted by Crippen LogP contribution is -1.88. The average Bonchev–Trinajstić information content (AvgIpc) is 2.30. The van der Waals surface area contributed by atoms with E-state index >= 15 is 0 Å². The molecule has 1 N–H and O–H groups in total. The fourth-order valence-electron chi connectivity index (χ4n) is 1.57. The van der Waals surface area contributed by atoms with Gasteiger partial charge in [0.2, 0.25) is 0 Å². The number of aliphatic hydroxyl groups is 1. The van der Waals surface area contributed by atoms with E-state index in [0.717, 1.165) is 12.8 Å². The molecule has 0 atom stereocenters. The van der Waals surface area contributed by atoms with Crippen molar-refractivity contribution in [2.24, 2.45) is 0 Å². The van der Waals surface area contributed by atoms with E-state index in [-0.39, 0.29) is 0 Å². The smallest absolute Gasteiger partial charge is 0.111 e. The number of benzene rings is 1. The fourth-order valence-corrected chi connectivity index (χ4v) is 1.57. The third-order valence-electron chi connectivity index (χ3n) is 2.46. The van der Waals surface area contributed by atoms with E-state index in [2.05, 4.69) is 30.3 Å². The highest BCUT2D eigenvalue weighted by Crippen LogP contribution is 2.14. The number of hydrogen-bond acceptors (Lipinski definition) is 1. The van der Waals surface area contributed by atoms with Crippen molar-refractivity contribution in [3.05, 3.63) is 71.5 Å². The Labute approximate surface area is 90.1 Å². The largest absolute Gasteiger partial charge is 0.508 e. The molecule has 0 bridgehead atoms. The molecule has 0 radical (unpaired) electrons. The van der Waals surface area contributed by atoms with Crippen molar-refractivity contribution in [2.75, 3.05) is 0 Å². The molecule has 1 aromatic carbocycles. The Bertz CT molecular complexity index is 410. The zero-order valence-electron chi connectivity index (χ0n) is 8.56. The van der Waals surface area contributed by atoms with Crippen LogP contribution in [0.1, 0.15) is 12.0 Å². The van der Waals surface area contributed by atoms with Crippen molar-refractivity contribution >= 4 is 0 Å². The highest BCUT2D eigenvalue weighted by atomic mass is 16.3. The Hall–Kier alpha value is -1.76. The highest BCUT2D eigenvalue weighted by molar-refractivity contribution is 5.33. The van der Waals surface area contributed by atoms with Gasteiger partial charge in [0.05, 0.1) is 0 Å². The van der Waals surface area contributed by atoms with Crippen LogP contribution in [0.15, 0.2) is 66.0 Å². The quantitative estimate of drug-likeness (QED) is 0.770. The van der Waals surface area contributed by atoms with E-state index in [0.29, 0.717) is 5.76 Å². The number of rotatable bonds is 2. The van der Waals surface area contributed by atoms with E-state index in [1.54, 1.807) is 6.08 Å². The Morgan fingerprint density at radius 1 is 1.13 bits per heavy atom. The maximum atomic E-state index is 9.16. The van der Waals surface area contributed by atoms with Crippen LogP contribution in [0.2, 0.25) is 0 Å². The summed E-state index contributed by atoms with van der Waals surface area (Å²) in [5, 5.41) is 9.16. The Morgan fingerprint density at radius 2 is 1.93 bits per heavy atom. The van der Waals surface area contributed by atoms with E-state index in [4.69, 9.17) is 5.11 Å². The first kappa shape index (κ1) is 9.78. The van der Waals surface area contributed by atoms with Crippen LogP contribution in [0.4, 0.5) is 0 Å². The Balaban J connectivity index is 1.99. The molecule has 0 saturated carbocycles. The molecule has 1 aromatic rings. The summed E-state index contributed by atoms with van der Waals surface area (Å²) in [6.45, 7) is 0. The molecule has 76 valence electrons. The first-order valence-corrected chi connectivity index (χ1v) is 5.15. The third-order valence-corrected chi connectivity index (χ3v) is 2.46. The number of hydrogen-bond donors (Lipinski definition) is 1. The zero-order valence-corrected chi connectivity index (χ0v) is 8.56. The SMILES string of the molecule is OC1=CCC(=CCc2ccccc2)C=C1. The van der Waals surface area contributed by atoms with Gasteiger partial charge in [-0.3, -0.25) is 0 Å². The fraction of sp³-hybridized carbons (Fsp3) is 0.143. The summed E-state index contributed by atoms with van der Waals surface area (Å²) in [6, 6.07) is 10.4. The summed E-state index contributed by atoms with van der Waals surface area (Å²) < 4.78 is 0. The summed E-state index contributed by atoms with van der Waals surface area (Å²) >= 11 is 0. The molecule has 0 heterocycles. The normalized spacial score (nSPS) is 17.9. The van der Waals surface area contributed by atoms with Gasteiger partial charge in [-0.15, -0.1) is 0 Å². The van der Waals surface area contributed by atoms with Crippen molar-refractivity contribution in [3.8, 4) is 0 Å². The zero-order chi connectivity index (χ0) is 10.5. The topological polar surface area (TPSA) is 20.2 Å². The molecule has 0 amide bonds. The lowest BCUT2D eigenvalue weighted by Gasteiger charge is -2.04. The first-order chi connectivity index (χ1) is 7.34. The number of aliphatic hydroxyl groups excluding tert-OH is 1. The minimum absolute atomic E-state index is 0.367. The maximum absolute atomic E-state index is 9.16. The van der Waals surface area contributed by atoms with Gasteiger partial charge in [-0.2, -0.15) is 0 Å². The van der Waals surface area contributed by atoms with Crippen molar-refractivity contribution < 1.29 is 5.11 Å². The third kappa shape index (κ3) is 2.84. The van der Waals surface area contributed by atoms with Crippen LogP contribution in [0.5, 0.6) is 0 Å². The van der Waals surface area contributed by atoms with Gasteiger partial charge in [0.15, 0.2) is 0 Å². The van der Waals surface area contributed by atoms with Crippen molar-refractivity contribution in [1.29, 1.82) is 0 Å². The maximum Gasteiger partial charge on any atom is 0.111 e. The molecule has 0 aromatic heterocycles. The standard InChI is InChI=1S/C14H14O/c15-14-10-8-13(9-11-14)7-6-12-4-2-1-3-5-12/h1-5,7-8,10-11,15H,6,9H2. The predicted molar refractivity (Wildman–Crippen MR) is 62.7 cm³/mol. The van der Waals surface area contributed by atoms with Gasteiger partial charge in [-0.25, -0.2) is 0 Å². The summed E-state index contributed by atoms with van der Waals surface area (Å²) in [6.07, 6.45) is 9.52. The van der Waals surface area contributed by atoms with Crippen molar-refractivity contribution in [3.63, 3.8) is 0 Å². The van der Waals surface area contributed by atoms with Gasteiger partial charge < -0.3 is 5.11 Å². The molecule has 1 aliphatic carbocycles. The average molecular weight is 198 g/mol. The minimum Gasteiger partial charge on any atom is -0.508 e. The molecular weight excluding hydrogens is 184 g/mol. The lowest BCUT2D eigenvalue weighted by atomic mass is 10.0. The summed E-state index contributed by atoms with van der Waals surface area (Å²) in [5.41, 5.74) is 2.58. The van der Waals surface area contributed by atoms with Gasteiger partial charge in [0, 0.05) is 0 Å². The Kier molecular flexibility index (Phi) is 3.03. The van der Waals surface area contributed by atoms with Crippen LogP contribution in [0.25, 0.3) is 0 Å². The first-order valence-electron chi connectivity index (χ1n) is 5.15. The summed E-state index contributed by atoms with van der Waals surface area (Å²) in [4.78, 5) is 0. The molecule has 1 nitrogen and oxygen atoms in total. The molecule has 0 aliphatic heterocycles.